The van der Waals surface area contributed by atoms with Gasteiger partial charge in [-0.05, 0) is 38.5 Å². The largest absolute Gasteiger partial charge is 0.394 e. The summed E-state index contributed by atoms with van der Waals surface area (Å²) in [5.41, 5.74) is 0. The minimum atomic E-state index is -0.746. The van der Waals surface area contributed by atoms with Crippen LogP contribution in [0.2, 0.25) is 0 Å². The zero-order chi connectivity index (χ0) is 45.8. The van der Waals surface area contributed by atoms with Gasteiger partial charge < -0.3 is 20.6 Å². The molecular weight excluding hydrogens is 775 g/mol. The molecule has 3 atom stereocenters. The zero-order valence-corrected chi connectivity index (χ0v) is 43.0. The number of hydrogen-bond acceptors (Lipinski definition) is 4. The van der Waals surface area contributed by atoms with E-state index in [-0.39, 0.29) is 18.9 Å². The molecule has 0 bridgehead atoms. The van der Waals surface area contributed by atoms with Crippen LogP contribution in [0.5, 0.6) is 0 Å². The smallest absolute Gasteiger partial charge is 0.222 e. The molecule has 0 aromatic rings. The van der Waals surface area contributed by atoms with Crippen molar-refractivity contribution < 1.29 is 20.1 Å². The molecule has 3 unspecified atom stereocenters. The number of unbranched alkanes of at least 4 members (excludes halogenated alkanes) is 43. The highest BCUT2D eigenvalue weighted by Crippen LogP contribution is 2.18. The van der Waals surface area contributed by atoms with Crippen LogP contribution in [0.25, 0.3) is 0 Å². The number of hydrogen-bond donors (Lipinski definition) is 4. The average Bonchev–Trinajstić information content (AvgIpc) is 3.28. The number of carbonyl (C=O) groups excluding carboxylic acids is 1. The normalized spacial score (nSPS) is 13.3. The molecule has 0 fully saturated rings. The highest BCUT2D eigenvalue weighted by Gasteiger charge is 2.21. The SMILES string of the molecule is CCCCCCCCCCCCCCCC/C=C\CCCCCCCCCCCCCCCCCC(O)CC(=O)NC(CO)C(O)CCCCCCCCCCCCCCCCC. The van der Waals surface area contributed by atoms with Crippen molar-refractivity contribution in [3.05, 3.63) is 12.2 Å². The number of nitrogens with one attached hydrogen (secondary N) is 1. The highest BCUT2D eigenvalue weighted by molar-refractivity contribution is 5.76. The van der Waals surface area contributed by atoms with Crippen LogP contribution in [0.4, 0.5) is 0 Å². The Morgan fingerprint density at radius 2 is 0.635 bits per heavy atom. The van der Waals surface area contributed by atoms with Gasteiger partial charge in [0, 0.05) is 0 Å². The minimum Gasteiger partial charge on any atom is -0.394 e. The van der Waals surface area contributed by atoms with Gasteiger partial charge in [-0.25, -0.2) is 0 Å². The summed E-state index contributed by atoms with van der Waals surface area (Å²) in [5.74, 6) is -0.277. The fourth-order valence-electron chi connectivity index (χ4n) is 9.40. The van der Waals surface area contributed by atoms with Crippen LogP contribution in [-0.2, 0) is 4.79 Å². The molecular formula is C58H115NO4. The van der Waals surface area contributed by atoms with E-state index in [2.05, 4.69) is 31.3 Å². The van der Waals surface area contributed by atoms with E-state index in [1.807, 2.05) is 0 Å². The molecule has 4 N–H and O–H groups in total. The first-order chi connectivity index (χ1) is 31.0. The summed E-state index contributed by atoms with van der Waals surface area (Å²) in [6.45, 7) is 4.30. The molecule has 0 saturated carbocycles. The van der Waals surface area contributed by atoms with Gasteiger partial charge in [-0.3, -0.25) is 4.79 Å². The molecule has 0 aliphatic rings. The Kier molecular flexibility index (Phi) is 52.9. The van der Waals surface area contributed by atoms with E-state index in [9.17, 15) is 20.1 Å². The van der Waals surface area contributed by atoms with Gasteiger partial charge in [0.05, 0.1) is 31.3 Å². The maximum Gasteiger partial charge on any atom is 0.222 e. The first kappa shape index (κ1) is 62.1. The molecule has 0 heterocycles. The number of rotatable bonds is 54. The molecule has 0 spiro atoms. The summed E-state index contributed by atoms with van der Waals surface area (Å²) >= 11 is 0. The Morgan fingerprint density at radius 1 is 0.381 bits per heavy atom. The lowest BCUT2D eigenvalue weighted by Crippen LogP contribution is -2.46. The van der Waals surface area contributed by atoms with E-state index in [1.54, 1.807) is 0 Å². The van der Waals surface area contributed by atoms with Crippen molar-refractivity contribution in [2.24, 2.45) is 0 Å². The average molecular weight is 891 g/mol. The summed E-state index contributed by atoms with van der Waals surface area (Å²) in [4.78, 5) is 12.5. The second-order valence-electron chi connectivity index (χ2n) is 20.3. The number of amides is 1. The number of aliphatic hydroxyl groups is 3. The van der Waals surface area contributed by atoms with Crippen LogP contribution in [0.3, 0.4) is 0 Å². The predicted molar refractivity (Wildman–Crippen MR) is 278 cm³/mol. The highest BCUT2D eigenvalue weighted by atomic mass is 16.3. The maximum atomic E-state index is 12.5. The second-order valence-corrected chi connectivity index (χ2v) is 20.3. The van der Waals surface area contributed by atoms with Crippen molar-refractivity contribution >= 4 is 5.91 Å². The van der Waals surface area contributed by atoms with Crippen LogP contribution in [0, 0.1) is 0 Å². The molecule has 0 aromatic heterocycles. The summed E-state index contributed by atoms with van der Waals surface area (Å²) in [5, 5.41) is 33.6. The Labute approximate surface area is 395 Å². The molecule has 0 aliphatic heterocycles. The van der Waals surface area contributed by atoms with Gasteiger partial charge in [-0.2, -0.15) is 0 Å². The van der Waals surface area contributed by atoms with Crippen molar-refractivity contribution in [3.63, 3.8) is 0 Å². The minimum absolute atomic E-state index is 0.0411. The van der Waals surface area contributed by atoms with Crippen LogP contribution >= 0.6 is 0 Å². The lowest BCUT2D eigenvalue weighted by Gasteiger charge is -2.23. The maximum absolute atomic E-state index is 12.5. The van der Waals surface area contributed by atoms with Gasteiger partial charge in [-0.1, -0.05) is 296 Å². The monoisotopic (exact) mass is 890 g/mol. The Hall–Kier alpha value is -0.910. The van der Waals surface area contributed by atoms with Crippen LogP contribution in [0.1, 0.15) is 328 Å². The summed E-state index contributed by atoms with van der Waals surface area (Å²) in [7, 11) is 0. The molecule has 0 radical (unpaired) electrons. The van der Waals surface area contributed by atoms with Crippen LogP contribution in [0.15, 0.2) is 12.2 Å². The van der Waals surface area contributed by atoms with Crippen LogP contribution < -0.4 is 5.32 Å². The third kappa shape index (κ3) is 50.3. The quantitative estimate of drug-likeness (QED) is 0.0362. The van der Waals surface area contributed by atoms with Crippen molar-refractivity contribution in [3.8, 4) is 0 Å². The Bertz CT molecular complexity index is 894. The predicted octanol–water partition coefficient (Wildman–Crippen LogP) is 17.9. The van der Waals surface area contributed by atoms with Gasteiger partial charge >= 0.3 is 0 Å². The third-order valence-electron chi connectivity index (χ3n) is 13.8. The van der Waals surface area contributed by atoms with E-state index < -0.39 is 18.2 Å². The van der Waals surface area contributed by atoms with E-state index >= 15 is 0 Å². The lowest BCUT2D eigenvalue weighted by molar-refractivity contribution is -0.125. The van der Waals surface area contributed by atoms with E-state index in [4.69, 9.17) is 0 Å². The molecule has 5 nitrogen and oxygen atoms in total. The molecule has 376 valence electrons. The lowest BCUT2D eigenvalue weighted by atomic mass is 10.0. The van der Waals surface area contributed by atoms with Gasteiger partial charge in [0.25, 0.3) is 0 Å². The van der Waals surface area contributed by atoms with Gasteiger partial charge in [0.2, 0.25) is 5.91 Å². The first-order valence-corrected chi connectivity index (χ1v) is 29.0. The van der Waals surface area contributed by atoms with E-state index in [0.717, 1.165) is 25.7 Å². The zero-order valence-electron chi connectivity index (χ0n) is 43.0. The molecule has 5 heteroatoms. The van der Waals surface area contributed by atoms with Gasteiger partial charge in [0.1, 0.15) is 0 Å². The van der Waals surface area contributed by atoms with Crippen molar-refractivity contribution in [2.45, 2.75) is 347 Å². The fraction of sp³-hybridized carbons (Fsp3) is 0.948. The second kappa shape index (κ2) is 53.7. The molecule has 0 rings (SSSR count). The number of allylic oxidation sites excluding steroid dienone is 2. The molecule has 0 aromatic carbocycles. The van der Waals surface area contributed by atoms with E-state index in [0.29, 0.717) is 12.8 Å². The molecule has 0 aliphatic carbocycles. The Balaban J connectivity index is 3.45. The topological polar surface area (TPSA) is 89.8 Å². The fourth-order valence-corrected chi connectivity index (χ4v) is 9.40. The first-order valence-electron chi connectivity index (χ1n) is 29.0. The van der Waals surface area contributed by atoms with Crippen molar-refractivity contribution in [1.29, 1.82) is 0 Å². The summed E-state index contributed by atoms with van der Waals surface area (Å²) < 4.78 is 0. The third-order valence-corrected chi connectivity index (χ3v) is 13.8. The van der Waals surface area contributed by atoms with Gasteiger partial charge in [0.15, 0.2) is 0 Å². The summed E-state index contributed by atoms with van der Waals surface area (Å²) in [6, 6.07) is -0.655. The standard InChI is InChI=1S/C58H115NO4/c1-3-5-7-9-11-13-15-17-19-20-21-22-23-24-25-26-27-28-29-30-31-32-33-34-35-36-38-39-41-43-45-47-49-51-55(61)53-58(63)59-56(54-60)57(62)52-50-48-46-44-42-40-37-18-16-14-12-10-8-6-4-2/h26-27,55-57,60-62H,3-25,28-54H2,1-2H3,(H,59,63)/b27-26-. The molecule has 1 amide bonds. The van der Waals surface area contributed by atoms with Crippen molar-refractivity contribution in [1.82, 2.24) is 5.32 Å². The summed E-state index contributed by atoms with van der Waals surface area (Å²) in [6.07, 6.45) is 66.7. The number of carbonyl (C=O) groups is 1. The molecule has 63 heavy (non-hydrogen) atoms. The van der Waals surface area contributed by atoms with Gasteiger partial charge in [-0.15, -0.1) is 0 Å². The number of aliphatic hydroxyl groups excluding tert-OH is 3. The molecule has 0 saturated heterocycles. The Morgan fingerprint density at radius 3 is 0.921 bits per heavy atom. The van der Waals surface area contributed by atoms with Crippen LogP contribution in [-0.4, -0.2) is 46.1 Å². The van der Waals surface area contributed by atoms with E-state index in [1.165, 1.54) is 270 Å². The van der Waals surface area contributed by atoms with Crippen molar-refractivity contribution in [2.75, 3.05) is 6.61 Å².